The number of carboxylic acids is 1. The van der Waals surface area contributed by atoms with E-state index in [1.165, 1.54) is 18.7 Å². The number of benzene rings is 1. The molecule has 3 heterocycles. The second-order valence-electron chi connectivity index (χ2n) is 7.12. The van der Waals surface area contributed by atoms with E-state index in [-0.39, 0.29) is 5.82 Å². The first-order chi connectivity index (χ1) is 15.6. The van der Waals surface area contributed by atoms with E-state index in [0.29, 0.717) is 40.5 Å². The van der Waals surface area contributed by atoms with E-state index in [1.807, 2.05) is 6.07 Å². The molecule has 1 fully saturated rings. The summed E-state index contributed by atoms with van der Waals surface area (Å²) >= 11 is 0. The molecular weight excluding hydrogens is 416 g/mol. The highest BCUT2D eigenvalue weighted by molar-refractivity contribution is 5.93. The van der Waals surface area contributed by atoms with Gasteiger partial charge < -0.3 is 24.6 Å². The Balaban J connectivity index is 1.47. The van der Waals surface area contributed by atoms with Crippen molar-refractivity contribution in [2.24, 2.45) is 0 Å². The van der Waals surface area contributed by atoms with Crippen LogP contribution in [0.25, 0.3) is 10.9 Å². The van der Waals surface area contributed by atoms with Crippen molar-refractivity contribution in [3.63, 3.8) is 0 Å². The summed E-state index contributed by atoms with van der Waals surface area (Å²) in [6, 6.07) is 3.63. The number of aromatic carboxylic acids is 1. The summed E-state index contributed by atoms with van der Waals surface area (Å²) in [5.74, 6) is 0.227. The Bertz CT molecular complexity index is 1070. The number of ether oxygens (including phenoxy) is 3. The summed E-state index contributed by atoms with van der Waals surface area (Å²) < 4.78 is 16.9. The number of anilines is 2. The largest absolute Gasteiger partial charge is 0.493 e. The zero-order chi connectivity index (χ0) is 22.3. The van der Waals surface area contributed by atoms with Gasteiger partial charge >= 0.3 is 5.97 Å². The van der Waals surface area contributed by atoms with Crippen molar-refractivity contribution >= 4 is 28.4 Å². The second kappa shape index (κ2) is 10.2. The van der Waals surface area contributed by atoms with Crippen LogP contribution in [0.15, 0.2) is 30.9 Å². The topological polar surface area (TPSA) is 132 Å². The van der Waals surface area contributed by atoms with Crippen LogP contribution in [0.5, 0.6) is 11.5 Å². The highest BCUT2D eigenvalue weighted by atomic mass is 16.5. The number of fused-ring (bicyclic) bond motifs is 1. The van der Waals surface area contributed by atoms with Crippen molar-refractivity contribution < 1.29 is 24.1 Å². The summed E-state index contributed by atoms with van der Waals surface area (Å²) in [6.07, 6.45) is 5.09. The highest BCUT2D eigenvalue weighted by Gasteiger charge is 2.14. The number of nitrogens with one attached hydrogen (secondary N) is 1. The van der Waals surface area contributed by atoms with E-state index in [9.17, 15) is 4.79 Å². The molecule has 32 heavy (non-hydrogen) atoms. The summed E-state index contributed by atoms with van der Waals surface area (Å²) in [5, 5.41) is 12.7. The molecular formula is C21H24N6O5. The molecule has 0 amide bonds. The minimum Gasteiger partial charge on any atom is -0.493 e. The summed E-state index contributed by atoms with van der Waals surface area (Å²) in [7, 11) is 1.58. The van der Waals surface area contributed by atoms with E-state index in [4.69, 9.17) is 19.3 Å². The van der Waals surface area contributed by atoms with Gasteiger partial charge in [0.15, 0.2) is 11.5 Å². The number of hydrogen-bond acceptors (Lipinski definition) is 10. The number of aromatic nitrogens is 4. The van der Waals surface area contributed by atoms with Crippen molar-refractivity contribution in [3.8, 4) is 11.5 Å². The first kappa shape index (κ1) is 21.7. The number of nitrogens with zero attached hydrogens (tertiary/aromatic N) is 5. The molecule has 0 unspecified atom stereocenters. The van der Waals surface area contributed by atoms with Gasteiger partial charge in [-0.1, -0.05) is 0 Å². The zero-order valence-electron chi connectivity index (χ0n) is 17.7. The predicted octanol–water partition coefficient (Wildman–Crippen LogP) is 1.97. The van der Waals surface area contributed by atoms with Crippen LogP contribution in [0.1, 0.15) is 17.0 Å². The third-order valence-corrected chi connectivity index (χ3v) is 5.01. The Morgan fingerprint density at radius 2 is 1.94 bits per heavy atom. The van der Waals surface area contributed by atoms with Gasteiger partial charge in [0.1, 0.15) is 12.1 Å². The van der Waals surface area contributed by atoms with Crippen LogP contribution in [-0.2, 0) is 4.74 Å². The van der Waals surface area contributed by atoms with E-state index in [1.54, 1.807) is 13.2 Å². The fourth-order valence-corrected chi connectivity index (χ4v) is 3.37. The van der Waals surface area contributed by atoms with Gasteiger partial charge in [0, 0.05) is 31.1 Å². The first-order valence-corrected chi connectivity index (χ1v) is 10.2. The normalized spacial score (nSPS) is 14.3. The molecule has 4 rings (SSSR count). The molecule has 1 saturated heterocycles. The fraction of sp³-hybridized carbons (Fsp3) is 0.381. The molecule has 168 valence electrons. The molecule has 1 aliphatic heterocycles. The van der Waals surface area contributed by atoms with Gasteiger partial charge in [0.05, 0.1) is 50.5 Å². The standard InChI is InChI=1S/C21H24N6O5/c1-30-17-9-15-16(10-18(17)32-6-2-3-27-4-7-31-8-5-27)24-13-25-19(15)26-14-11-22-20(21(28)29)23-12-14/h9-13H,2-8H2,1H3,(H,28,29)(H,24,25,26). The minimum atomic E-state index is -1.19. The maximum atomic E-state index is 10.9. The average Bonchev–Trinajstić information content (AvgIpc) is 2.82. The maximum Gasteiger partial charge on any atom is 0.373 e. The Morgan fingerprint density at radius 3 is 2.66 bits per heavy atom. The van der Waals surface area contributed by atoms with Gasteiger partial charge in [0.25, 0.3) is 0 Å². The van der Waals surface area contributed by atoms with Crippen molar-refractivity contribution in [1.29, 1.82) is 0 Å². The van der Waals surface area contributed by atoms with Crippen molar-refractivity contribution in [3.05, 3.63) is 36.7 Å². The predicted molar refractivity (Wildman–Crippen MR) is 116 cm³/mol. The molecule has 0 spiro atoms. The average molecular weight is 440 g/mol. The van der Waals surface area contributed by atoms with Crippen LogP contribution in [-0.4, -0.2) is 82.5 Å². The molecule has 1 aliphatic rings. The number of carboxylic acid groups (broad SMARTS) is 1. The maximum absolute atomic E-state index is 10.9. The lowest BCUT2D eigenvalue weighted by Gasteiger charge is -2.26. The molecule has 2 N–H and O–H groups in total. The molecule has 3 aromatic rings. The lowest BCUT2D eigenvalue weighted by Crippen LogP contribution is -2.37. The molecule has 2 aromatic heterocycles. The zero-order valence-corrected chi connectivity index (χ0v) is 17.7. The second-order valence-corrected chi connectivity index (χ2v) is 7.12. The highest BCUT2D eigenvalue weighted by Crippen LogP contribution is 2.34. The van der Waals surface area contributed by atoms with Crippen LogP contribution in [0, 0.1) is 0 Å². The minimum absolute atomic E-state index is 0.278. The molecule has 1 aromatic carbocycles. The smallest absolute Gasteiger partial charge is 0.373 e. The number of morpholine rings is 1. The van der Waals surface area contributed by atoms with Crippen molar-refractivity contribution in [2.45, 2.75) is 6.42 Å². The summed E-state index contributed by atoms with van der Waals surface area (Å²) in [5.41, 5.74) is 1.17. The van der Waals surface area contributed by atoms with Gasteiger partial charge in [-0.3, -0.25) is 4.90 Å². The molecule has 0 saturated carbocycles. The van der Waals surface area contributed by atoms with Crippen LogP contribution in [0.2, 0.25) is 0 Å². The molecule has 0 bridgehead atoms. The van der Waals surface area contributed by atoms with Crippen LogP contribution in [0.4, 0.5) is 11.5 Å². The fourth-order valence-electron chi connectivity index (χ4n) is 3.37. The van der Waals surface area contributed by atoms with E-state index >= 15 is 0 Å². The third kappa shape index (κ3) is 5.18. The monoisotopic (exact) mass is 440 g/mol. The Kier molecular flexibility index (Phi) is 6.87. The van der Waals surface area contributed by atoms with Gasteiger partial charge in [-0.2, -0.15) is 0 Å². The SMILES string of the molecule is COc1cc2c(Nc3cnc(C(=O)O)nc3)ncnc2cc1OCCCN1CCOCC1. The molecule has 11 nitrogen and oxygen atoms in total. The van der Waals surface area contributed by atoms with Gasteiger partial charge in [0.2, 0.25) is 5.82 Å². The Labute approximate surface area is 184 Å². The van der Waals surface area contributed by atoms with E-state index in [2.05, 4.69) is 30.2 Å². The summed E-state index contributed by atoms with van der Waals surface area (Å²) in [4.78, 5) is 29.5. The molecule has 0 atom stereocenters. The molecule has 0 aliphatic carbocycles. The quantitative estimate of drug-likeness (QED) is 0.473. The van der Waals surface area contributed by atoms with Gasteiger partial charge in [-0.15, -0.1) is 0 Å². The van der Waals surface area contributed by atoms with Gasteiger partial charge in [-0.05, 0) is 12.5 Å². The van der Waals surface area contributed by atoms with E-state index < -0.39 is 5.97 Å². The Morgan fingerprint density at radius 1 is 1.16 bits per heavy atom. The number of carbonyl (C=O) groups is 1. The van der Waals surface area contributed by atoms with Crippen molar-refractivity contribution in [2.75, 3.05) is 51.9 Å². The van der Waals surface area contributed by atoms with Crippen LogP contribution in [0.3, 0.4) is 0 Å². The lowest BCUT2D eigenvalue weighted by molar-refractivity contribution is 0.0357. The number of rotatable bonds is 9. The van der Waals surface area contributed by atoms with E-state index in [0.717, 1.165) is 39.3 Å². The Hall–Kier alpha value is -3.57. The summed E-state index contributed by atoms with van der Waals surface area (Å²) in [6.45, 7) is 4.99. The van der Waals surface area contributed by atoms with Crippen LogP contribution < -0.4 is 14.8 Å². The van der Waals surface area contributed by atoms with Crippen LogP contribution >= 0.6 is 0 Å². The first-order valence-electron chi connectivity index (χ1n) is 10.2. The molecule has 11 heteroatoms. The third-order valence-electron chi connectivity index (χ3n) is 5.01. The molecule has 0 radical (unpaired) electrons. The van der Waals surface area contributed by atoms with Crippen molar-refractivity contribution in [1.82, 2.24) is 24.8 Å². The number of methoxy groups -OCH3 is 1. The van der Waals surface area contributed by atoms with Gasteiger partial charge in [-0.25, -0.2) is 24.7 Å². The lowest BCUT2D eigenvalue weighted by atomic mass is 10.2. The number of hydrogen-bond donors (Lipinski definition) is 2.